The number of nitrogens with one attached hydrogen (secondary N) is 2. The van der Waals surface area contributed by atoms with E-state index in [9.17, 15) is 0 Å². The van der Waals surface area contributed by atoms with Gasteiger partial charge in [0.15, 0.2) is 5.96 Å². The number of aliphatic imine (C=N–C) groups is 1. The maximum atomic E-state index is 5.54. The molecule has 0 atom stereocenters. The van der Waals surface area contributed by atoms with Gasteiger partial charge in [-0.1, -0.05) is 19.0 Å². The Balaban J connectivity index is 0.00000338. The Hall–Kier alpha value is -0.870. The molecule has 1 saturated heterocycles. The molecule has 2 heterocycles. The molecule has 0 aliphatic carbocycles. The third-order valence-electron chi connectivity index (χ3n) is 5.22. The Morgan fingerprint density at radius 3 is 2.42 bits per heavy atom. The predicted molar refractivity (Wildman–Crippen MR) is 115 cm³/mol. The average molecular weight is 479 g/mol. The van der Waals surface area contributed by atoms with E-state index in [1.165, 1.54) is 0 Å². The second-order valence-corrected chi connectivity index (χ2v) is 6.75. The summed E-state index contributed by atoms with van der Waals surface area (Å²) in [5.74, 6) is 1.76. The molecule has 26 heavy (non-hydrogen) atoms. The molecule has 0 radical (unpaired) electrons. The van der Waals surface area contributed by atoms with E-state index < -0.39 is 0 Å². The number of guanidine groups is 1. The summed E-state index contributed by atoms with van der Waals surface area (Å²) in [6.45, 7) is 7.32. The number of likely N-dealkylation sites (N-methyl/N-ethyl adjacent to an activating group) is 1. The third-order valence-corrected chi connectivity index (χ3v) is 5.22. The summed E-state index contributed by atoms with van der Waals surface area (Å²) in [6.07, 6.45) is 3.77. The minimum atomic E-state index is 0. The lowest BCUT2D eigenvalue weighted by Gasteiger charge is -2.43. The number of rotatable bonds is 7. The fourth-order valence-corrected chi connectivity index (χ4v) is 3.31. The van der Waals surface area contributed by atoms with Crippen molar-refractivity contribution in [3.05, 3.63) is 17.0 Å². The average Bonchev–Trinajstić information content (AvgIpc) is 3.04. The minimum Gasteiger partial charge on any atom is -0.381 e. The zero-order valence-corrected chi connectivity index (χ0v) is 19.1. The van der Waals surface area contributed by atoms with Gasteiger partial charge in [-0.15, -0.1) is 24.0 Å². The van der Waals surface area contributed by atoms with Crippen LogP contribution in [0, 0.1) is 0 Å². The second kappa shape index (κ2) is 11.1. The standard InChI is InChI=1S/C18H33N5O2.HI/c1-6-15-14(16(7-2)25-22-15)12-20-17(19-3)21-13-18(23(4)5)8-10-24-11-9-18;/h6-13H2,1-5H3,(H2,19,20,21);1H. The molecule has 0 unspecified atom stereocenters. The van der Waals surface area contributed by atoms with Gasteiger partial charge in [0.25, 0.3) is 0 Å². The summed E-state index contributed by atoms with van der Waals surface area (Å²) < 4.78 is 11.0. The molecule has 7 nitrogen and oxygen atoms in total. The van der Waals surface area contributed by atoms with Gasteiger partial charge in [0, 0.05) is 50.9 Å². The van der Waals surface area contributed by atoms with Crippen molar-refractivity contribution in [3.8, 4) is 0 Å². The van der Waals surface area contributed by atoms with Crippen LogP contribution in [-0.2, 0) is 24.1 Å². The fourth-order valence-electron chi connectivity index (χ4n) is 3.31. The van der Waals surface area contributed by atoms with Gasteiger partial charge in [0.2, 0.25) is 0 Å². The largest absolute Gasteiger partial charge is 0.381 e. The second-order valence-electron chi connectivity index (χ2n) is 6.75. The van der Waals surface area contributed by atoms with Gasteiger partial charge >= 0.3 is 0 Å². The lowest BCUT2D eigenvalue weighted by molar-refractivity contribution is -0.00501. The first kappa shape index (κ1) is 23.2. The molecule has 0 saturated carbocycles. The Labute approximate surface area is 174 Å². The molecule has 8 heteroatoms. The van der Waals surface area contributed by atoms with Crippen LogP contribution in [0.25, 0.3) is 0 Å². The lowest BCUT2D eigenvalue weighted by Crippen LogP contribution is -2.57. The van der Waals surface area contributed by atoms with E-state index in [1.54, 1.807) is 7.05 Å². The Kier molecular flexibility index (Phi) is 9.88. The molecule has 1 fully saturated rings. The van der Waals surface area contributed by atoms with Gasteiger partial charge in [-0.25, -0.2) is 0 Å². The number of hydrogen-bond acceptors (Lipinski definition) is 5. The molecule has 2 N–H and O–H groups in total. The summed E-state index contributed by atoms with van der Waals surface area (Å²) in [5.41, 5.74) is 2.28. The van der Waals surface area contributed by atoms with Crippen molar-refractivity contribution in [2.75, 3.05) is 40.9 Å². The monoisotopic (exact) mass is 479 g/mol. The first-order valence-corrected chi connectivity index (χ1v) is 9.22. The smallest absolute Gasteiger partial charge is 0.191 e. The highest BCUT2D eigenvalue weighted by atomic mass is 127. The van der Waals surface area contributed by atoms with E-state index in [1.807, 2.05) is 0 Å². The normalized spacial score (nSPS) is 17.1. The van der Waals surface area contributed by atoms with E-state index in [4.69, 9.17) is 9.26 Å². The first-order valence-electron chi connectivity index (χ1n) is 9.22. The zero-order chi connectivity index (χ0) is 18.3. The number of nitrogens with zero attached hydrogens (tertiary/aromatic N) is 3. The maximum Gasteiger partial charge on any atom is 0.191 e. The molecular weight excluding hydrogens is 445 g/mol. The number of hydrogen-bond donors (Lipinski definition) is 2. The van der Waals surface area contributed by atoms with Gasteiger partial charge in [-0.2, -0.15) is 0 Å². The molecule has 1 aliphatic rings. The molecule has 1 aromatic heterocycles. The molecule has 0 amide bonds. The van der Waals surface area contributed by atoms with Crippen molar-refractivity contribution in [1.29, 1.82) is 0 Å². The number of aryl methyl sites for hydroxylation is 2. The van der Waals surface area contributed by atoms with Crippen LogP contribution in [0.5, 0.6) is 0 Å². The first-order chi connectivity index (χ1) is 12.1. The van der Waals surface area contributed by atoms with E-state index in [2.05, 4.69) is 53.6 Å². The summed E-state index contributed by atoms with van der Waals surface area (Å²) in [5, 5.41) is 11.1. The minimum absolute atomic E-state index is 0. The molecule has 2 rings (SSSR count). The number of ether oxygens (including phenoxy) is 1. The molecule has 1 aliphatic heterocycles. The van der Waals surface area contributed by atoms with Crippen molar-refractivity contribution in [1.82, 2.24) is 20.7 Å². The van der Waals surface area contributed by atoms with Crippen LogP contribution in [0.4, 0.5) is 0 Å². The van der Waals surface area contributed by atoms with Crippen LogP contribution >= 0.6 is 24.0 Å². The van der Waals surface area contributed by atoms with Crippen LogP contribution in [0.2, 0.25) is 0 Å². The van der Waals surface area contributed by atoms with E-state index in [0.29, 0.717) is 6.54 Å². The molecule has 150 valence electrons. The van der Waals surface area contributed by atoms with Crippen LogP contribution in [0.1, 0.15) is 43.7 Å². The van der Waals surface area contributed by atoms with Crippen LogP contribution in [0.3, 0.4) is 0 Å². The molecule has 0 aromatic carbocycles. The van der Waals surface area contributed by atoms with Gasteiger partial charge in [0.1, 0.15) is 5.76 Å². The topological polar surface area (TPSA) is 74.9 Å². The zero-order valence-electron chi connectivity index (χ0n) is 16.7. The number of aromatic nitrogens is 1. The summed E-state index contributed by atoms with van der Waals surface area (Å²) in [6, 6.07) is 0. The lowest BCUT2D eigenvalue weighted by atomic mass is 9.88. The molecule has 1 aromatic rings. The number of halogens is 1. The van der Waals surface area contributed by atoms with Crippen molar-refractivity contribution < 1.29 is 9.26 Å². The maximum absolute atomic E-state index is 5.54. The quantitative estimate of drug-likeness (QED) is 0.355. The van der Waals surface area contributed by atoms with Crippen molar-refractivity contribution in [3.63, 3.8) is 0 Å². The van der Waals surface area contributed by atoms with Crippen LogP contribution in [0.15, 0.2) is 9.52 Å². The van der Waals surface area contributed by atoms with Crippen LogP contribution < -0.4 is 10.6 Å². The van der Waals surface area contributed by atoms with Gasteiger partial charge < -0.3 is 24.8 Å². The highest BCUT2D eigenvalue weighted by Gasteiger charge is 2.34. The van der Waals surface area contributed by atoms with Crippen molar-refractivity contribution >= 4 is 29.9 Å². The van der Waals surface area contributed by atoms with E-state index in [-0.39, 0.29) is 29.5 Å². The molecule has 0 bridgehead atoms. The third kappa shape index (κ3) is 5.56. The Morgan fingerprint density at radius 1 is 1.19 bits per heavy atom. The Bertz CT molecular complexity index is 546. The highest BCUT2D eigenvalue weighted by molar-refractivity contribution is 14.0. The Morgan fingerprint density at radius 2 is 1.88 bits per heavy atom. The van der Waals surface area contributed by atoms with Gasteiger partial charge in [-0.05, 0) is 33.4 Å². The fraction of sp³-hybridized carbons (Fsp3) is 0.778. The molecule has 0 spiro atoms. The summed E-state index contributed by atoms with van der Waals surface area (Å²) in [4.78, 5) is 6.67. The summed E-state index contributed by atoms with van der Waals surface area (Å²) >= 11 is 0. The summed E-state index contributed by atoms with van der Waals surface area (Å²) in [7, 11) is 6.08. The van der Waals surface area contributed by atoms with Gasteiger partial charge in [0.05, 0.1) is 5.69 Å². The van der Waals surface area contributed by atoms with E-state index >= 15 is 0 Å². The predicted octanol–water partition coefficient (Wildman–Crippen LogP) is 2.19. The van der Waals surface area contributed by atoms with Crippen molar-refractivity contribution in [2.24, 2.45) is 4.99 Å². The van der Waals surface area contributed by atoms with Gasteiger partial charge in [-0.3, -0.25) is 4.99 Å². The van der Waals surface area contributed by atoms with Crippen molar-refractivity contribution in [2.45, 2.75) is 51.6 Å². The highest BCUT2D eigenvalue weighted by Crippen LogP contribution is 2.25. The SMILES string of the molecule is CCc1noc(CC)c1CNC(=NC)NCC1(N(C)C)CCOCC1.I. The molecular formula is C18H34IN5O2. The van der Waals surface area contributed by atoms with Crippen LogP contribution in [-0.4, -0.2) is 62.5 Å². The van der Waals surface area contributed by atoms with E-state index in [0.717, 1.165) is 68.4 Å².